The van der Waals surface area contributed by atoms with Crippen molar-refractivity contribution in [1.29, 1.82) is 0 Å². The van der Waals surface area contributed by atoms with E-state index in [0.717, 1.165) is 22.4 Å². The van der Waals surface area contributed by atoms with Gasteiger partial charge in [0, 0.05) is 19.8 Å². The van der Waals surface area contributed by atoms with Gasteiger partial charge in [0.15, 0.2) is 6.61 Å². The Hall–Kier alpha value is -3.80. The average Bonchev–Trinajstić information content (AvgIpc) is 2.77. The number of hydrogen-bond acceptors (Lipinski definition) is 4. The molecule has 2 amide bonds. The summed E-state index contributed by atoms with van der Waals surface area (Å²) in [7, 11) is 3.36. The van der Waals surface area contributed by atoms with E-state index >= 15 is 0 Å². The Kier molecular flexibility index (Phi) is 7.27. The van der Waals surface area contributed by atoms with E-state index in [1.54, 1.807) is 14.1 Å². The summed E-state index contributed by atoms with van der Waals surface area (Å²) in [5.41, 5.74) is 4.60. The molecule has 6 nitrogen and oxygen atoms in total. The molecule has 0 spiro atoms. The van der Waals surface area contributed by atoms with E-state index in [2.05, 4.69) is 10.6 Å². The number of likely N-dealkylation sites (N-methyl/N-ethyl adjacent to an activating group) is 1. The smallest absolute Gasteiger partial charge is 0.259 e. The third-order valence-electron chi connectivity index (χ3n) is 4.70. The van der Waals surface area contributed by atoms with Crippen molar-refractivity contribution in [2.75, 3.05) is 37.9 Å². The molecule has 0 aromatic heterocycles. The van der Waals surface area contributed by atoms with E-state index in [0.29, 0.717) is 11.4 Å². The topological polar surface area (TPSA) is 70.7 Å². The van der Waals surface area contributed by atoms with Crippen LogP contribution in [0.2, 0.25) is 0 Å². The van der Waals surface area contributed by atoms with Crippen molar-refractivity contribution in [2.45, 2.75) is 6.92 Å². The quantitative estimate of drug-likeness (QED) is 0.577. The van der Waals surface area contributed by atoms with Crippen molar-refractivity contribution in [2.24, 2.45) is 0 Å². The van der Waals surface area contributed by atoms with Gasteiger partial charge in [0.2, 0.25) is 5.91 Å². The lowest BCUT2D eigenvalue weighted by molar-refractivity contribution is -0.130. The summed E-state index contributed by atoms with van der Waals surface area (Å²) in [5.74, 6) is 0.225. The number of carbonyl (C=O) groups excluding carboxylic acids is 2. The molecular formula is C25H27N3O3. The second kappa shape index (κ2) is 10.3. The Morgan fingerprint density at radius 1 is 0.903 bits per heavy atom. The van der Waals surface area contributed by atoms with Gasteiger partial charge in [-0.25, -0.2) is 0 Å². The molecule has 6 heteroatoms. The lowest BCUT2D eigenvalue weighted by Gasteiger charge is -2.16. The van der Waals surface area contributed by atoms with Crippen LogP contribution < -0.4 is 15.4 Å². The van der Waals surface area contributed by atoms with Gasteiger partial charge in [-0.3, -0.25) is 9.59 Å². The first-order valence-corrected chi connectivity index (χ1v) is 10.0. The van der Waals surface area contributed by atoms with Crippen molar-refractivity contribution in [3.05, 3.63) is 78.4 Å². The molecule has 0 fully saturated rings. The van der Waals surface area contributed by atoms with Gasteiger partial charge in [-0.1, -0.05) is 48.5 Å². The fraction of sp³-hybridized carbons (Fsp3) is 0.200. The Morgan fingerprint density at radius 3 is 2.26 bits per heavy atom. The molecule has 0 aliphatic carbocycles. The van der Waals surface area contributed by atoms with Crippen molar-refractivity contribution >= 4 is 23.2 Å². The third-order valence-corrected chi connectivity index (χ3v) is 4.70. The van der Waals surface area contributed by atoms with Gasteiger partial charge in [0.05, 0.1) is 12.2 Å². The molecule has 160 valence electrons. The highest BCUT2D eigenvalue weighted by atomic mass is 16.5. The van der Waals surface area contributed by atoms with Crippen LogP contribution in [-0.4, -0.2) is 44.0 Å². The van der Waals surface area contributed by atoms with Crippen LogP contribution in [0.25, 0.3) is 11.1 Å². The van der Waals surface area contributed by atoms with E-state index in [4.69, 9.17) is 4.74 Å². The largest absolute Gasteiger partial charge is 0.482 e. The molecule has 3 rings (SSSR count). The zero-order valence-corrected chi connectivity index (χ0v) is 18.0. The first-order chi connectivity index (χ1) is 14.9. The van der Waals surface area contributed by atoms with Gasteiger partial charge >= 0.3 is 0 Å². The van der Waals surface area contributed by atoms with E-state index in [1.165, 1.54) is 4.90 Å². The maximum absolute atomic E-state index is 12.4. The number of hydrogen-bond donors (Lipinski definition) is 2. The van der Waals surface area contributed by atoms with Crippen LogP contribution >= 0.6 is 0 Å². The molecule has 31 heavy (non-hydrogen) atoms. The highest BCUT2D eigenvalue weighted by Gasteiger charge is 2.10. The molecule has 0 saturated heterocycles. The fourth-order valence-electron chi connectivity index (χ4n) is 2.92. The second-order valence-corrected chi connectivity index (χ2v) is 7.42. The molecule has 2 N–H and O–H groups in total. The van der Waals surface area contributed by atoms with Crippen LogP contribution in [0.3, 0.4) is 0 Å². The van der Waals surface area contributed by atoms with Gasteiger partial charge in [0.25, 0.3) is 5.91 Å². The highest BCUT2D eigenvalue weighted by Crippen LogP contribution is 2.26. The minimum Gasteiger partial charge on any atom is -0.482 e. The number of rotatable bonds is 8. The summed E-state index contributed by atoms with van der Waals surface area (Å²) in [5, 5.41) is 5.97. The summed E-state index contributed by atoms with van der Waals surface area (Å²) in [6.45, 7) is 1.95. The molecule has 3 aromatic rings. The van der Waals surface area contributed by atoms with Crippen LogP contribution in [0.4, 0.5) is 11.4 Å². The number of ether oxygens (including phenoxy) is 1. The van der Waals surface area contributed by atoms with Gasteiger partial charge in [-0.2, -0.15) is 0 Å². The number of nitrogens with zero attached hydrogens (tertiary/aromatic N) is 1. The van der Waals surface area contributed by atoms with Crippen molar-refractivity contribution < 1.29 is 14.3 Å². The lowest BCUT2D eigenvalue weighted by Crippen LogP contribution is -2.28. The van der Waals surface area contributed by atoms with E-state index in [1.807, 2.05) is 79.7 Å². The maximum atomic E-state index is 12.4. The third kappa shape index (κ3) is 6.34. The molecule has 0 aliphatic heterocycles. The molecule has 0 unspecified atom stereocenters. The summed E-state index contributed by atoms with van der Waals surface area (Å²) >= 11 is 0. The Morgan fingerprint density at radius 2 is 1.58 bits per heavy atom. The Balaban J connectivity index is 1.57. The molecule has 0 aliphatic rings. The molecule has 0 bridgehead atoms. The SMILES string of the molecule is Cc1ccc(NCC(=O)Nc2ccc(-c3ccccc3)cc2)c(OCC(=O)N(C)C)c1. The van der Waals surface area contributed by atoms with Gasteiger partial charge in [-0.15, -0.1) is 0 Å². The predicted octanol–water partition coefficient (Wildman–Crippen LogP) is 4.18. The number of aryl methyl sites for hydroxylation is 1. The zero-order valence-electron chi connectivity index (χ0n) is 18.0. The van der Waals surface area contributed by atoms with Crippen molar-refractivity contribution in [3.63, 3.8) is 0 Å². The zero-order chi connectivity index (χ0) is 22.2. The number of nitrogens with one attached hydrogen (secondary N) is 2. The molecule has 0 heterocycles. The summed E-state index contributed by atoms with van der Waals surface area (Å²) in [4.78, 5) is 25.7. The minimum atomic E-state index is -0.177. The summed E-state index contributed by atoms with van der Waals surface area (Å²) in [6.07, 6.45) is 0. The molecule has 0 atom stereocenters. The molecular weight excluding hydrogens is 390 g/mol. The minimum absolute atomic E-state index is 0.0644. The first kappa shape index (κ1) is 21.9. The normalized spacial score (nSPS) is 10.3. The van der Waals surface area contributed by atoms with Gasteiger partial charge in [0.1, 0.15) is 5.75 Å². The Labute approximate surface area is 182 Å². The van der Waals surface area contributed by atoms with Crippen LogP contribution in [-0.2, 0) is 9.59 Å². The van der Waals surface area contributed by atoms with E-state index in [9.17, 15) is 9.59 Å². The fourth-order valence-corrected chi connectivity index (χ4v) is 2.92. The van der Waals surface area contributed by atoms with Crippen LogP contribution in [0, 0.1) is 6.92 Å². The van der Waals surface area contributed by atoms with Gasteiger partial charge < -0.3 is 20.3 Å². The average molecular weight is 418 g/mol. The monoisotopic (exact) mass is 417 g/mol. The van der Waals surface area contributed by atoms with Crippen LogP contribution in [0.15, 0.2) is 72.8 Å². The van der Waals surface area contributed by atoms with Crippen LogP contribution in [0.5, 0.6) is 5.75 Å². The number of anilines is 2. The lowest BCUT2D eigenvalue weighted by atomic mass is 10.1. The number of amides is 2. The van der Waals surface area contributed by atoms with Crippen molar-refractivity contribution in [3.8, 4) is 16.9 Å². The Bertz CT molecular complexity index is 1030. The summed E-state index contributed by atoms with van der Waals surface area (Å²) in [6, 6.07) is 23.4. The van der Waals surface area contributed by atoms with E-state index in [-0.39, 0.29) is 25.0 Å². The van der Waals surface area contributed by atoms with Crippen molar-refractivity contribution in [1.82, 2.24) is 4.90 Å². The van der Waals surface area contributed by atoms with E-state index < -0.39 is 0 Å². The predicted molar refractivity (Wildman–Crippen MR) is 124 cm³/mol. The summed E-state index contributed by atoms with van der Waals surface area (Å²) < 4.78 is 5.66. The molecule has 0 radical (unpaired) electrons. The van der Waals surface area contributed by atoms with Gasteiger partial charge in [-0.05, 0) is 47.9 Å². The standard InChI is InChI=1S/C25H27N3O3/c1-18-9-14-22(23(15-18)31-17-25(30)28(2)3)26-16-24(29)27-21-12-10-20(11-13-21)19-7-5-4-6-8-19/h4-15,26H,16-17H2,1-3H3,(H,27,29). The number of benzene rings is 3. The maximum Gasteiger partial charge on any atom is 0.259 e. The van der Waals surface area contributed by atoms with Crippen LogP contribution in [0.1, 0.15) is 5.56 Å². The second-order valence-electron chi connectivity index (χ2n) is 7.42. The highest BCUT2D eigenvalue weighted by molar-refractivity contribution is 5.94. The first-order valence-electron chi connectivity index (χ1n) is 10.0. The molecule has 0 saturated carbocycles. The molecule has 3 aromatic carbocycles. The number of carbonyl (C=O) groups is 2.